The summed E-state index contributed by atoms with van der Waals surface area (Å²) in [5, 5.41) is 0.612. The average Bonchev–Trinajstić information content (AvgIpc) is 3.20. The Balaban J connectivity index is 1.50. The normalized spacial score (nSPS) is 15.5. The van der Waals surface area contributed by atoms with E-state index in [0.717, 1.165) is 42.6 Å². The molecule has 4 aromatic carbocycles. The smallest absolute Gasteiger partial charge is 0.271 e. The summed E-state index contributed by atoms with van der Waals surface area (Å²) < 4.78 is 8.10. The molecule has 0 atom stereocenters. The largest absolute Gasteiger partial charge is 0.488 e. The van der Waals surface area contributed by atoms with Crippen LogP contribution in [0, 0.1) is 13.8 Å². The van der Waals surface area contributed by atoms with Crippen LogP contribution in [-0.4, -0.2) is 11.1 Å². The van der Waals surface area contributed by atoms with Gasteiger partial charge in [0.05, 0.1) is 16.3 Å². The summed E-state index contributed by atoms with van der Waals surface area (Å²) in [7, 11) is 0. The number of aliphatic imine (C=N–C) groups is 1. The number of aryl methyl sites for hydroxylation is 2. The highest BCUT2D eigenvalue weighted by Gasteiger charge is 2.35. The molecule has 0 aliphatic carbocycles. The van der Waals surface area contributed by atoms with Gasteiger partial charge in [0, 0.05) is 14.5 Å². The summed E-state index contributed by atoms with van der Waals surface area (Å²) in [6, 6.07) is 29.7. The van der Waals surface area contributed by atoms with Crippen LogP contribution in [0.5, 0.6) is 5.75 Å². The molecule has 0 radical (unpaired) electrons. The maximum Gasteiger partial charge on any atom is 0.271 e. The van der Waals surface area contributed by atoms with E-state index in [9.17, 15) is 4.79 Å². The lowest BCUT2D eigenvalue weighted by atomic mass is 10.1. The number of halogens is 2. The predicted molar refractivity (Wildman–Crippen MR) is 165 cm³/mol. The zero-order chi connectivity index (χ0) is 26.6. The van der Waals surface area contributed by atoms with E-state index >= 15 is 0 Å². The molecule has 1 saturated heterocycles. The topological polar surface area (TPSA) is 41.9 Å². The lowest BCUT2D eigenvalue weighted by molar-refractivity contribution is -0.113. The minimum atomic E-state index is -0.122. The highest BCUT2D eigenvalue weighted by molar-refractivity contribution is 9.10. The Morgan fingerprint density at radius 1 is 0.842 bits per heavy atom. The van der Waals surface area contributed by atoms with Crippen molar-refractivity contribution < 1.29 is 9.53 Å². The molecule has 0 saturated carbocycles. The van der Waals surface area contributed by atoms with Gasteiger partial charge in [-0.05, 0) is 91.8 Å². The fourth-order valence-corrected chi connectivity index (χ4v) is 5.48. The Morgan fingerprint density at radius 3 is 2.16 bits per heavy atom. The van der Waals surface area contributed by atoms with Gasteiger partial charge in [0.1, 0.15) is 12.4 Å². The summed E-state index contributed by atoms with van der Waals surface area (Å²) >= 11 is 8.40. The van der Waals surface area contributed by atoms with Crippen molar-refractivity contribution in [2.45, 2.75) is 20.5 Å². The molecule has 4 aromatic rings. The molecule has 1 amide bonds. The lowest BCUT2D eigenvalue weighted by Crippen LogP contribution is -2.28. The number of nitrogens with zero attached hydrogens (tertiary/aromatic N) is 2. The van der Waals surface area contributed by atoms with E-state index in [4.69, 9.17) is 9.73 Å². The monoisotopic (exact) mass is 646 g/mol. The predicted octanol–water partition coefficient (Wildman–Crippen LogP) is 9.22. The average molecular weight is 648 g/mol. The van der Waals surface area contributed by atoms with Gasteiger partial charge in [-0.1, -0.05) is 79.4 Å². The van der Waals surface area contributed by atoms with E-state index in [1.165, 1.54) is 11.8 Å². The van der Waals surface area contributed by atoms with Crippen LogP contribution in [0.25, 0.3) is 6.08 Å². The SMILES string of the molecule is Cc1ccc(N=C2S/C(=C\c3cc(Br)ccc3OCc3ccc(Br)cc3)C(=O)N2c2ccc(C)cc2)cc1. The number of carbonyl (C=O) groups excluding carboxylic acids is 1. The van der Waals surface area contributed by atoms with Crippen molar-refractivity contribution in [1.82, 2.24) is 0 Å². The van der Waals surface area contributed by atoms with E-state index in [1.54, 1.807) is 4.90 Å². The second-order valence-electron chi connectivity index (χ2n) is 8.91. The molecular weight excluding hydrogens is 624 g/mol. The third kappa shape index (κ3) is 6.29. The fourth-order valence-electron chi connectivity index (χ4n) is 3.85. The molecule has 4 nitrogen and oxygen atoms in total. The molecule has 38 heavy (non-hydrogen) atoms. The van der Waals surface area contributed by atoms with Crippen LogP contribution in [0.3, 0.4) is 0 Å². The van der Waals surface area contributed by atoms with E-state index in [1.807, 2.05) is 111 Å². The highest BCUT2D eigenvalue weighted by atomic mass is 79.9. The first-order valence-corrected chi connectivity index (χ1v) is 14.4. The summed E-state index contributed by atoms with van der Waals surface area (Å²) in [5.74, 6) is 0.575. The van der Waals surface area contributed by atoms with Gasteiger partial charge < -0.3 is 4.74 Å². The number of benzene rings is 4. The number of thioether (sulfide) groups is 1. The lowest BCUT2D eigenvalue weighted by Gasteiger charge is -2.16. The van der Waals surface area contributed by atoms with Crippen molar-refractivity contribution in [3.05, 3.63) is 127 Å². The molecule has 1 heterocycles. The molecule has 0 unspecified atom stereocenters. The van der Waals surface area contributed by atoms with Crippen LogP contribution >= 0.6 is 43.6 Å². The van der Waals surface area contributed by atoms with Crippen LogP contribution in [0.2, 0.25) is 0 Å². The van der Waals surface area contributed by atoms with Crippen LogP contribution in [0.1, 0.15) is 22.3 Å². The minimum Gasteiger partial charge on any atom is -0.488 e. The number of carbonyl (C=O) groups is 1. The van der Waals surface area contributed by atoms with Crippen molar-refractivity contribution >= 4 is 72.1 Å². The fraction of sp³-hybridized carbons (Fsp3) is 0.0968. The third-order valence-corrected chi connectivity index (χ3v) is 7.91. The number of anilines is 1. The van der Waals surface area contributed by atoms with Crippen molar-refractivity contribution in [3.63, 3.8) is 0 Å². The molecule has 0 spiro atoms. The number of hydrogen-bond donors (Lipinski definition) is 0. The maximum atomic E-state index is 13.8. The molecule has 5 rings (SSSR count). The second kappa shape index (κ2) is 11.7. The van der Waals surface area contributed by atoms with E-state index in [-0.39, 0.29) is 5.91 Å². The van der Waals surface area contributed by atoms with Gasteiger partial charge in [-0.3, -0.25) is 9.69 Å². The first-order chi connectivity index (χ1) is 18.4. The molecule has 1 aliphatic rings. The molecule has 190 valence electrons. The van der Waals surface area contributed by atoms with Gasteiger partial charge in [-0.15, -0.1) is 0 Å². The third-order valence-electron chi connectivity index (χ3n) is 5.92. The summed E-state index contributed by atoms with van der Waals surface area (Å²) in [6.07, 6.45) is 1.88. The molecule has 0 N–H and O–H groups in total. The van der Waals surface area contributed by atoms with Gasteiger partial charge in [0.2, 0.25) is 0 Å². The van der Waals surface area contributed by atoms with Gasteiger partial charge >= 0.3 is 0 Å². The maximum absolute atomic E-state index is 13.8. The van der Waals surface area contributed by atoms with Crippen molar-refractivity contribution in [2.24, 2.45) is 4.99 Å². The number of rotatable bonds is 6. The first-order valence-electron chi connectivity index (χ1n) is 12.0. The van der Waals surface area contributed by atoms with Crippen LogP contribution in [-0.2, 0) is 11.4 Å². The Kier molecular flexibility index (Phi) is 8.17. The van der Waals surface area contributed by atoms with Gasteiger partial charge in [0.25, 0.3) is 5.91 Å². The molecule has 0 aromatic heterocycles. The second-order valence-corrected chi connectivity index (χ2v) is 11.8. The summed E-state index contributed by atoms with van der Waals surface area (Å²) in [6.45, 7) is 4.49. The number of amides is 1. The zero-order valence-corrected chi connectivity index (χ0v) is 24.8. The zero-order valence-electron chi connectivity index (χ0n) is 20.8. The highest BCUT2D eigenvalue weighted by Crippen LogP contribution is 2.39. The number of ether oxygens (including phenoxy) is 1. The Hall–Kier alpha value is -3.13. The van der Waals surface area contributed by atoms with Crippen LogP contribution in [0.4, 0.5) is 11.4 Å². The summed E-state index contributed by atoms with van der Waals surface area (Å²) in [4.78, 5) is 20.8. The minimum absolute atomic E-state index is 0.122. The van der Waals surface area contributed by atoms with Crippen molar-refractivity contribution in [2.75, 3.05) is 4.90 Å². The van der Waals surface area contributed by atoms with Crippen molar-refractivity contribution in [1.29, 1.82) is 0 Å². The number of amidine groups is 1. The Bertz CT molecular complexity index is 1530. The standard InChI is InChI=1S/C31H24Br2N2O2S/c1-20-3-12-26(13-4-20)34-31-35(27-14-5-21(2)6-15-27)30(36)29(38-31)18-23-17-25(33)11-16-28(23)37-19-22-7-9-24(32)10-8-22/h3-18H,19H2,1-2H3/b29-18-,34-31?. The van der Waals surface area contributed by atoms with E-state index in [0.29, 0.717) is 22.4 Å². The Morgan fingerprint density at radius 2 is 1.47 bits per heavy atom. The molecule has 7 heteroatoms. The molecule has 1 aliphatic heterocycles. The first kappa shape index (κ1) is 26.5. The van der Waals surface area contributed by atoms with Gasteiger partial charge in [-0.2, -0.15) is 0 Å². The van der Waals surface area contributed by atoms with Gasteiger partial charge in [-0.25, -0.2) is 4.99 Å². The molecule has 0 bridgehead atoms. The quantitative estimate of drug-likeness (QED) is 0.196. The van der Waals surface area contributed by atoms with E-state index in [2.05, 4.69) is 31.9 Å². The van der Waals surface area contributed by atoms with Crippen molar-refractivity contribution in [3.8, 4) is 5.75 Å². The summed E-state index contributed by atoms with van der Waals surface area (Å²) in [5.41, 5.74) is 5.73. The van der Waals surface area contributed by atoms with Crippen LogP contribution < -0.4 is 9.64 Å². The van der Waals surface area contributed by atoms with Gasteiger partial charge in [0.15, 0.2) is 5.17 Å². The van der Waals surface area contributed by atoms with E-state index < -0.39 is 0 Å². The molecule has 1 fully saturated rings. The Labute approximate surface area is 243 Å². The molecular formula is C31H24Br2N2O2S. The van der Waals surface area contributed by atoms with Crippen LogP contribution in [0.15, 0.2) is 110 Å². The number of hydrogen-bond acceptors (Lipinski definition) is 4.